The van der Waals surface area contributed by atoms with Gasteiger partial charge in [-0.05, 0) is 96.8 Å². The van der Waals surface area contributed by atoms with Crippen molar-refractivity contribution in [2.24, 2.45) is 28.6 Å². The molecule has 1 aromatic rings. The molecule has 2 fully saturated rings. The second-order valence-corrected chi connectivity index (χ2v) is 10.9. The number of hydrogen-bond donors (Lipinski definition) is 1. The second kappa shape index (κ2) is 6.22. The van der Waals surface area contributed by atoms with Gasteiger partial charge in [0.2, 0.25) is 0 Å². The molecule has 5 rings (SSSR count). The van der Waals surface area contributed by atoms with Crippen LogP contribution in [0.5, 0.6) is 5.06 Å². The van der Waals surface area contributed by atoms with Crippen LogP contribution in [0.15, 0.2) is 29.9 Å². The number of aliphatic hydroxyl groups excluding tert-OH is 1. The Bertz CT molecular complexity index is 805. The Morgan fingerprint density at radius 2 is 1.96 bits per heavy atom. The quantitative estimate of drug-likeness (QED) is 0.670. The lowest BCUT2D eigenvalue weighted by Gasteiger charge is -2.56. The first-order valence-electron chi connectivity index (χ1n) is 10.7. The Kier molecular flexibility index (Phi) is 4.15. The van der Waals surface area contributed by atoms with Crippen molar-refractivity contribution in [1.82, 2.24) is 0 Å². The Labute approximate surface area is 167 Å². The summed E-state index contributed by atoms with van der Waals surface area (Å²) in [6.45, 7) is 4.90. The van der Waals surface area contributed by atoms with E-state index < -0.39 is 0 Å². The number of allylic oxidation sites excluding steroid dienone is 4. The fraction of sp³-hybridized carbons (Fsp3) is 0.667. The van der Waals surface area contributed by atoms with E-state index in [2.05, 4.69) is 38.1 Å². The molecular formula is C24H32O2S. The van der Waals surface area contributed by atoms with Crippen molar-refractivity contribution in [3.05, 3.63) is 34.7 Å². The Morgan fingerprint density at radius 1 is 1.11 bits per heavy atom. The van der Waals surface area contributed by atoms with Gasteiger partial charge in [0, 0.05) is 4.88 Å². The lowest BCUT2D eigenvalue weighted by atomic mass is 9.48. The summed E-state index contributed by atoms with van der Waals surface area (Å²) in [7, 11) is 1.75. The van der Waals surface area contributed by atoms with E-state index in [0.29, 0.717) is 11.3 Å². The average Bonchev–Trinajstić information content (AvgIpc) is 3.26. The first kappa shape index (κ1) is 18.0. The predicted molar refractivity (Wildman–Crippen MR) is 112 cm³/mol. The number of aliphatic hydroxyl groups is 1. The van der Waals surface area contributed by atoms with Gasteiger partial charge in [-0.1, -0.05) is 37.3 Å². The third kappa shape index (κ3) is 2.54. The Balaban J connectivity index is 1.47. The molecule has 2 saturated carbocycles. The first-order chi connectivity index (χ1) is 13.0. The van der Waals surface area contributed by atoms with E-state index in [4.69, 9.17) is 4.74 Å². The zero-order valence-electron chi connectivity index (χ0n) is 16.8. The normalized spacial score (nSPS) is 43.3. The third-order valence-electron chi connectivity index (χ3n) is 8.82. The average molecular weight is 385 g/mol. The van der Waals surface area contributed by atoms with E-state index >= 15 is 0 Å². The van der Waals surface area contributed by atoms with Crippen LogP contribution >= 0.6 is 11.3 Å². The van der Waals surface area contributed by atoms with Crippen LogP contribution in [-0.4, -0.2) is 18.3 Å². The van der Waals surface area contributed by atoms with Crippen molar-refractivity contribution in [2.45, 2.75) is 64.9 Å². The predicted octanol–water partition coefficient (Wildman–Crippen LogP) is 6.07. The molecule has 2 nitrogen and oxygen atoms in total. The van der Waals surface area contributed by atoms with Crippen LogP contribution in [0.1, 0.15) is 63.7 Å². The monoisotopic (exact) mass is 384 g/mol. The molecule has 6 unspecified atom stereocenters. The van der Waals surface area contributed by atoms with Gasteiger partial charge < -0.3 is 9.84 Å². The van der Waals surface area contributed by atoms with Crippen LogP contribution in [0.2, 0.25) is 0 Å². The van der Waals surface area contributed by atoms with Crippen molar-refractivity contribution in [3.63, 3.8) is 0 Å². The van der Waals surface area contributed by atoms with Gasteiger partial charge in [0.1, 0.15) is 0 Å². The standard InChI is InChI=1S/C24H32O2S/c1-23-12-10-15(20-7-9-22(26-3)27-20)14-16(23)4-5-17-18-6-8-21(25)24(18,2)13-11-19(17)23/h4,7,9,14,17-19,21,25H,5-6,8,10-13H2,1-3H3. The molecule has 4 aliphatic rings. The minimum atomic E-state index is -0.0757. The summed E-state index contributed by atoms with van der Waals surface area (Å²) in [5.74, 6) is 2.27. The molecule has 0 radical (unpaired) electrons. The van der Waals surface area contributed by atoms with Gasteiger partial charge in [-0.15, -0.1) is 0 Å². The lowest BCUT2D eigenvalue weighted by molar-refractivity contribution is -0.0622. The SMILES string of the molecule is COc1ccc(C2=CC3=CCC4C(CCC5(C)C(O)CCC45)C3(C)CC2)s1. The molecule has 1 N–H and O–H groups in total. The molecule has 3 heteroatoms. The van der Waals surface area contributed by atoms with Crippen molar-refractivity contribution in [3.8, 4) is 5.06 Å². The van der Waals surface area contributed by atoms with Gasteiger partial charge in [0.15, 0.2) is 5.06 Å². The molecule has 6 atom stereocenters. The van der Waals surface area contributed by atoms with E-state index in [9.17, 15) is 5.11 Å². The summed E-state index contributed by atoms with van der Waals surface area (Å²) >= 11 is 1.77. The molecule has 27 heavy (non-hydrogen) atoms. The maximum absolute atomic E-state index is 10.6. The first-order valence-corrected chi connectivity index (χ1v) is 11.5. The fourth-order valence-electron chi connectivity index (χ4n) is 7.09. The van der Waals surface area contributed by atoms with Crippen LogP contribution < -0.4 is 4.74 Å². The lowest BCUT2D eigenvalue weighted by Crippen LogP contribution is -2.50. The molecule has 0 bridgehead atoms. The number of ether oxygens (including phenoxy) is 1. The molecule has 0 aromatic carbocycles. The molecule has 1 heterocycles. The van der Waals surface area contributed by atoms with Gasteiger partial charge in [0.25, 0.3) is 0 Å². The highest BCUT2D eigenvalue weighted by Crippen LogP contribution is 2.64. The zero-order valence-corrected chi connectivity index (χ0v) is 17.6. The maximum atomic E-state index is 10.6. The summed E-state index contributed by atoms with van der Waals surface area (Å²) in [5.41, 5.74) is 3.57. The number of fused-ring (bicyclic) bond motifs is 5. The van der Waals surface area contributed by atoms with Gasteiger partial charge in [0.05, 0.1) is 13.2 Å². The molecular weight excluding hydrogens is 352 g/mol. The van der Waals surface area contributed by atoms with E-state index in [-0.39, 0.29) is 11.5 Å². The van der Waals surface area contributed by atoms with Crippen LogP contribution in [0.25, 0.3) is 5.57 Å². The van der Waals surface area contributed by atoms with Gasteiger partial charge in [-0.3, -0.25) is 0 Å². The van der Waals surface area contributed by atoms with Crippen molar-refractivity contribution in [1.29, 1.82) is 0 Å². The van der Waals surface area contributed by atoms with E-state index in [1.54, 1.807) is 24.0 Å². The zero-order chi connectivity index (χ0) is 18.8. The summed E-state index contributed by atoms with van der Waals surface area (Å²) in [4.78, 5) is 1.37. The number of hydrogen-bond acceptors (Lipinski definition) is 3. The topological polar surface area (TPSA) is 29.5 Å². The summed E-state index contributed by atoms with van der Waals surface area (Å²) < 4.78 is 5.40. The van der Waals surface area contributed by atoms with Gasteiger partial charge >= 0.3 is 0 Å². The van der Waals surface area contributed by atoms with Crippen molar-refractivity contribution >= 4 is 16.9 Å². The Morgan fingerprint density at radius 3 is 2.74 bits per heavy atom. The van der Waals surface area contributed by atoms with Crippen LogP contribution in [-0.2, 0) is 0 Å². The largest absolute Gasteiger partial charge is 0.487 e. The summed E-state index contributed by atoms with van der Waals surface area (Å²) in [6.07, 6.45) is 13.4. The van der Waals surface area contributed by atoms with Gasteiger partial charge in [-0.25, -0.2) is 0 Å². The van der Waals surface area contributed by atoms with Crippen LogP contribution in [0, 0.1) is 28.6 Å². The van der Waals surface area contributed by atoms with Crippen LogP contribution in [0.4, 0.5) is 0 Å². The second-order valence-electron chi connectivity index (χ2n) is 9.82. The van der Waals surface area contributed by atoms with E-state index in [1.165, 1.54) is 49.0 Å². The van der Waals surface area contributed by atoms with Crippen LogP contribution in [0.3, 0.4) is 0 Å². The maximum Gasteiger partial charge on any atom is 0.173 e. The highest BCUT2D eigenvalue weighted by Gasteiger charge is 2.57. The molecule has 1 aromatic heterocycles. The minimum absolute atomic E-state index is 0.0757. The highest BCUT2D eigenvalue weighted by atomic mass is 32.1. The molecule has 0 amide bonds. The smallest absolute Gasteiger partial charge is 0.173 e. The summed E-state index contributed by atoms with van der Waals surface area (Å²) in [5, 5.41) is 11.6. The van der Waals surface area contributed by atoms with E-state index in [0.717, 1.165) is 23.3 Å². The number of rotatable bonds is 2. The summed E-state index contributed by atoms with van der Waals surface area (Å²) in [6, 6.07) is 4.31. The number of methoxy groups -OCH3 is 1. The highest BCUT2D eigenvalue weighted by molar-refractivity contribution is 7.14. The molecule has 0 aliphatic heterocycles. The molecule has 4 aliphatic carbocycles. The molecule has 0 saturated heterocycles. The molecule has 0 spiro atoms. The number of thiophene rings is 1. The van der Waals surface area contributed by atoms with Gasteiger partial charge in [-0.2, -0.15) is 0 Å². The van der Waals surface area contributed by atoms with Crippen molar-refractivity contribution < 1.29 is 9.84 Å². The Hall–Kier alpha value is -1.06. The minimum Gasteiger partial charge on any atom is -0.487 e. The van der Waals surface area contributed by atoms with Crippen molar-refractivity contribution in [2.75, 3.05) is 7.11 Å². The molecule has 146 valence electrons. The van der Waals surface area contributed by atoms with E-state index in [1.807, 2.05) is 0 Å². The third-order valence-corrected chi connectivity index (χ3v) is 9.94. The fourth-order valence-corrected chi connectivity index (χ4v) is 7.96.